The zero-order chi connectivity index (χ0) is 15.4. The van der Waals surface area contributed by atoms with Crippen molar-refractivity contribution in [2.45, 2.75) is 65.3 Å². The van der Waals surface area contributed by atoms with Gasteiger partial charge >= 0.3 is 0 Å². The third kappa shape index (κ3) is 4.42. The molecule has 0 spiro atoms. The predicted molar refractivity (Wildman–Crippen MR) is 86.2 cm³/mol. The van der Waals surface area contributed by atoms with E-state index in [2.05, 4.69) is 37.6 Å². The zero-order valence-corrected chi connectivity index (χ0v) is 13.7. The number of piperidine rings is 1. The molecule has 2 unspecified atom stereocenters. The SMILES string of the molecule is CC(C)Oc1ccncc1CN1CCC(N)CC1C(C)C. The zero-order valence-electron chi connectivity index (χ0n) is 13.7. The van der Waals surface area contributed by atoms with Crippen LogP contribution in [0.2, 0.25) is 0 Å². The first-order valence-corrected chi connectivity index (χ1v) is 8.06. The van der Waals surface area contributed by atoms with Crippen molar-refractivity contribution in [2.75, 3.05) is 6.54 Å². The van der Waals surface area contributed by atoms with E-state index in [-0.39, 0.29) is 6.10 Å². The van der Waals surface area contributed by atoms with Crippen LogP contribution >= 0.6 is 0 Å². The summed E-state index contributed by atoms with van der Waals surface area (Å²) < 4.78 is 5.91. The van der Waals surface area contributed by atoms with Crippen LogP contribution in [-0.2, 0) is 6.54 Å². The quantitative estimate of drug-likeness (QED) is 0.906. The molecule has 2 N–H and O–H groups in total. The van der Waals surface area contributed by atoms with Crippen molar-refractivity contribution in [3.8, 4) is 5.75 Å². The van der Waals surface area contributed by atoms with E-state index in [9.17, 15) is 0 Å². The summed E-state index contributed by atoms with van der Waals surface area (Å²) in [7, 11) is 0. The fourth-order valence-electron chi connectivity index (χ4n) is 3.09. The summed E-state index contributed by atoms with van der Waals surface area (Å²) in [4.78, 5) is 6.81. The lowest BCUT2D eigenvalue weighted by Crippen LogP contribution is -2.48. The van der Waals surface area contributed by atoms with Crippen LogP contribution in [0, 0.1) is 5.92 Å². The Labute approximate surface area is 128 Å². The summed E-state index contributed by atoms with van der Waals surface area (Å²) >= 11 is 0. The van der Waals surface area contributed by atoms with Gasteiger partial charge in [-0.3, -0.25) is 9.88 Å². The summed E-state index contributed by atoms with van der Waals surface area (Å²) in [5.41, 5.74) is 7.32. The Balaban J connectivity index is 2.12. The summed E-state index contributed by atoms with van der Waals surface area (Å²) in [6.07, 6.45) is 6.07. The van der Waals surface area contributed by atoms with Gasteiger partial charge < -0.3 is 10.5 Å². The van der Waals surface area contributed by atoms with Crippen molar-refractivity contribution in [3.63, 3.8) is 0 Å². The summed E-state index contributed by atoms with van der Waals surface area (Å²) in [6, 6.07) is 2.85. The van der Waals surface area contributed by atoms with Gasteiger partial charge in [0.15, 0.2) is 0 Å². The van der Waals surface area contributed by atoms with Gasteiger partial charge in [0.25, 0.3) is 0 Å². The molecule has 1 aliphatic rings. The number of likely N-dealkylation sites (tertiary alicyclic amines) is 1. The second kappa shape index (κ2) is 7.23. The Morgan fingerprint density at radius 1 is 1.38 bits per heavy atom. The number of hydrogen-bond acceptors (Lipinski definition) is 4. The molecule has 4 nitrogen and oxygen atoms in total. The van der Waals surface area contributed by atoms with Gasteiger partial charge in [-0.1, -0.05) is 13.8 Å². The molecule has 2 heterocycles. The highest BCUT2D eigenvalue weighted by Gasteiger charge is 2.29. The largest absolute Gasteiger partial charge is 0.491 e. The Bertz CT molecular complexity index is 447. The van der Waals surface area contributed by atoms with Crippen molar-refractivity contribution in [1.82, 2.24) is 9.88 Å². The molecule has 2 rings (SSSR count). The number of nitrogens with two attached hydrogens (primary N) is 1. The van der Waals surface area contributed by atoms with Gasteiger partial charge in [0.2, 0.25) is 0 Å². The summed E-state index contributed by atoms with van der Waals surface area (Å²) in [6.45, 7) is 10.6. The lowest BCUT2D eigenvalue weighted by molar-refractivity contribution is 0.0921. The number of nitrogens with zero attached hydrogens (tertiary/aromatic N) is 2. The highest BCUT2D eigenvalue weighted by atomic mass is 16.5. The van der Waals surface area contributed by atoms with Crippen molar-refractivity contribution >= 4 is 0 Å². The average Bonchev–Trinajstić information content (AvgIpc) is 2.42. The third-order valence-electron chi connectivity index (χ3n) is 4.16. The van der Waals surface area contributed by atoms with E-state index in [4.69, 9.17) is 10.5 Å². The maximum atomic E-state index is 6.15. The van der Waals surface area contributed by atoms with E-state index >= 15 is 0 Å². The van der Waals surface area contributed by atoms with Crippen LogP contribution in [-0.4, -0.2) is 34.6 Å². The smallest absolute Gasteiger partial charge is 0.127 e. The third-order valence-corrected chi connectivity index (χ3v) is 4.16. The second-order valence-electron chi connectivity index (χ2n) is 6.72. The number of ether oxygens (including phenoxy) is 1. The van der Waals surface area contributed by atoms with Crippen molar-refractivity contribution in [1.29, 1.82) is 0 Å². The summed E-state index contributed by atoms with van der Waals surface area (Å²) in [5.74, 6) is 1.57. The van der Waals surface area contributed by atoms with Crippen LogP contribution in [0.15, 0.2) is 18.5 Å². The molecule has 1 aromatic heterocycles. The van der Waals surface area contributed by atoms with Gasteiger partial charge in [-0.25, -0.2) is 0 Å². The first-order chi connectivity index (χ1) is 9.97. The highest BCUT2D eigenvalue weighted by Crippen LogP contribution is 2.27. The van der Waals surface area contributed by atoms with Crippen LogP contribution in [0.25, 0.3) is 0 Å². The van der Waals surface area contributed by atoms with Gasteiger partial charge in [-0.05, 0) is 38.7 Å². The Morgan fingerprint density at radius 3 is 2.81 bits per heavy atom. The van der Waals surface area contributed by atoms with Gasteiger partial charge in [0.05, 0.1) is 6.10 Å². The molecular weight excluding hydrogens is 262 g/mol. The van der Waals surface area contributed by atoms with E-state index in [1.807, 2.05) is 12.3 Å². The molecule has 0 radical (unpaired) electrons. The van der Waals surface area contributed by atoms with Gasteiger partial charge in [0.1, 0.15) is 5.75 Å². The molecule has 2 atom stereocenters. The molecule has 1 aliphatic heterocycles. The molecule has 0 amide bonds. The van der Waals surface area contributed by atoms with E-state index in [0.717, 1.165) is 31.7 Å². The van der Waals surface area contributed by atoms with E-state index in [1.165, 1.54) is 5.56 Å². The average molecular weight is 291 g/mol. The molecule has 21 heavy (non-hydrogen) atoms. The van der Waals surface area contributed by atoms with Gasteiger partial charge in [-0.15, -0.1) is 0 Å². The van der Waals surface area contributed by atoms with E-state index < -0.39 is 0 Å². The molecule has 1 aromatic rings. The molecule has 118 valence electrons. The fraction of sp³-hybridized carbons (Fsp3) is 0.706. The van der Waals surface area contributed by atoms with E-state index in [0.29, 0.717) is 18.0 Å². The molecule has 1 fully saturated rings. The Kier molecular flexibility index (Phi) is 5.59. The standard InChI is InChI=1S/C17H29N3O/c1-12(2)16-9-15(18)6-8-20(16)11-14-10-19-7-5-17(14)21-13(3)4/h5,7,10,12-13,15-16H,6,8-9,11,18H2,1-4H3. The first kappa shape index (κ1) is 16.2. The van der Waals surface area contributed by atoms with Crippen molar-refractivity contribution in [2.24, 2.45) is 11.7 Å². The van der Waals surface area contributed by atoms with Gasteiger partial charge in [0, 0.05) is 43.1 Å². The molecule has 0 aromatic carbocycles. The number of rotatable bonds is 5. The Hall–Kier alpha value is -1.13. The lowest BCUT2D eigenvalue weighted by atomic mass is 9.89. The molecule has 4 heteroatoms. The minimum atomic E-state index is 0.182. The molecule has 1 saturated heterocycles. The van der Waals surface area contributed by atoms with Crippen LogP contribution in [0.1, 0.15) is 46.1 Å². The van der Waals surface area contributed by atoms with E-state index in [1.54, 1.807) is 6.20 Å². The van der Waals surface area contributed by atoms with Gasteiger partial charge in [-0.2, -0.15) is 0 Å². The highest BCUT2D eigenvalue weighted by molar-refractivity contribution is 5.30. The number of aromatic nitrogens is 1. The fourth-order valence-corrected chi connectivity index (χ4v) is 3.09. The summed E-state index contributed by atoms with van der Waals surface area (Å²) in [5, 5.41) is 0. The number of pyridine rings is 1. The van der Waals surface area contributed by atoms with Crippen LogP contribution < -0.4 is 10.5 Å². The van der Waals surface area contributed by atoms with Crippen LogP contribution in [0.4, 0.5) is 0 Å². The lowest BCUT2D eigenvalue weighted by Gasteiger charge is -2.40. The molecule has 0 saturated carbocycles. The van der Waals surface area contributed by atoms with Crippen LogP contribution in [0.3, 0.4) is 0 Å². The minimum Gasteiger partial charge on any atom is -0.491 e. The monoisotopic (exact) mass is 291 g/mol. The van der Waals surface area contributed by atoms with Crippen molar-refractivity contribution < 1.29 is 4.74 Å². The topological polar surface area (TPSA) is 51.4 Å². The first-order valence-electron chi connectivity index (χ1n) is 8.06. The second-order valence-corrected chi connectivity index (χ2v) is 6.72. The maximum absolute atomic E-state index is 6.15. The predicted octanol–water partition coefficient (Wildman–Crippen LogP) is 2.82. The molecule has 0 aliphatic carbocycles. The normalized spacial score (nSPS) is 23.8. The molecule has 0 bridgehead atoms. The number of hydrogen-bond donors (Lipinski definition) is 1. The maximum Gasteiger partial charge on any atom is 0.127 e. The minimum absolute atomic E-state index is 0.182. The van der Waals surface area contributed by atoms with Crippen LogP contribution in [0.5, 0.6) is 5.75 Å². The Morgan fingerprint density at radius 2 is 2.14 bits per heavy atom. The molecular formula is C17H29N3O. The van der Waals surface area contributed by atoms with Crippen molar-refractivity contribution in [3.05, 3.63) is 24.0 Å².